The van der Waals surface area contributed by atoms with Crippen LogP contribution in [0.4, 0.5) is 34.6 Å². The summed E-state index contributed by atoms with van der Waals surface area (Å²) >= 11 is 0. The zero-order chi connectivity index (χ0) is 104. The fourth-order valence-electron chi connectivity index (χ4n) is 21.9. The number of carbonyl (C=O) groups is 12. The normalized spacial score (nSPS) is 21.5. The molecular weight excluding hydrogens is 1920 g/mol. The molecule has 4 aliphatic carbocycles. The van der Waals surface area contributed by atoms with Crippen molar-refractivity contribution in [2.45, 2.75) is 296 Å². The predicted molar refractivity (Wildman–Crippen MR) is 537 cm³/mol. The van der Waals surface area contributed by atoms with E-state index in [1.807, 2.05) is 0 Å². The van der Waals surface area contributed by atoms with E-state index in [9.17, 15) is 115 Å². The molecular formula is C109H121F4N11O24. The smallest absolute Gasteiger partial charge is 0.343 e. The number of benzene rings is 4. The van der Waals surface area contributed by atoms with Gasteiger partial charge in [-0.25, -0.2) is 41.7 Å². The van der Waals surface area contributed by atoms with Gasteiger partial charge in [0.2, 0.25) is 17.7 Å². The van der Waals surface area contributed by atoms with Gasteiger partial charge in [-0.05, 0) is 216 Å². The SMILES string of the molecule is C.C.C.C.CC(=O)CC1CCc2c(C)c(F)cc(N)c2C1=O.CC[C@@]1(O)C(=O)OCc2c1cc1n(c2=O)CC=C1Nc1cc(F)c(C)c2c1C(=O)[C@@H](NC(C)=O)CC2.CC[C@@]1(O)C(=O)OCc2c1cc1n(c2=O)CC=C1Nc1cc(F)c(C)c2c1C(=O)[C@H](NC(C)=O)CC2.CC[C@@]1(O)C(=O)OCc2c1cc1n(c2=O)CCC1=O.CC[C@@]1(O)C(=O)OCc2c1cc1n(c2=O)Cc2c-1nc1cc(F)c(C)c3c1c2C(NC(C)=O)CC3. The number of aryl methyl sites for hydroxylation is 1. The number of nitrogen functional groups attached to an aromatic ring is 1. The molecule has 148 heavy (non-hydrogen) atoms. The third-order valence-corrected chi connectivity index (χ3v) is 29.9. The molecule has 5 aromatic heterocycles. The molecule has 21 rings (SSSR count). The number of aromatic nitrogens is 5. The van der Waals surface area contributed by atoms with Crippen LogP contribution >= 0.6 is 0 Å². The Hall–Kier alpha value is -14.8. The maximum atomic E-state index is 14.9. The summed E-state index contributed by atoms with van der Waals surface area (Å²) in [7, 11) is 0. The molecule has 0 fully saturated rings. The first-order valence-electron chi connectivity index (χ1n) is 47.6. The number of amides is 3. The molecule has 3 amide bonds. The Bertz CT molecular complexity index is 7400. The minimum absolute atomic E-state index is 0. The molecule has 39 heteroatoms. The molecule has 8 aliphatic heterocycles. The maximum Gasteiger partial charge on any atom is 0.343 e. The largest absolute Gasteiger partial charge is 0.458 e. The molecule has 2 unspecified atom stereocenters. The van der Waals surface area contributed by atoms with Crippen LogP contribution in [0, 0.1) is 56.9 Å². The molecule has 784 valence electrons. The molecule has 0 radical (unpaired) electrons. The quantitative estimate of drug-likeness (QED) is 0.0222. The van der Waals surface area contributed by atoms with Gasteiger partial charge in [0.15, 0.2) is 45.5 Å². The van der Waals surface area contributed by atoms with E-state index >= 15 is 0 Å². The average Bonchev–Trinajstić information content (AvgIpc) is 1.53. The lowest BCUT2D eigenvalue weighted by Crippen LogP contribution is -2.44. The second-order valence-corrected chi connectivity index (χ2v) is 38.2. The molecule has 12 aliphatic rings. The third-order valence-electron chi connectivity index (χ3n) is 29.9. The van der Waals surface area contributed by atoms with E-state index < -0.39 is 81.1 Å². The maximum absolute atomic E-state index is 14.9. The number of carbonyl (C=O) groups excluding carboxylic acids is 12. The van der Waals surface area contributed by atoms with E-state index in [4.69, 9.17) is 29.7 Å². The average molecular weight is 2050 g/mol. The molecule has 9 aromatic rings. The molecule has 0 spiro atoms. The first-order chi connectivity index (χ1) is 68.2. The summed E-state index contributed by atoms with van der Waals surface area (Å²) in [6, 6.07) is 9.59. The number of hydrogen-bond acceptors (Lipinski definition) is 28. The van der Waals surface area contributed by atoms with Crippen molar-refractivity contribution in [3.8, 4) is 11.4 Å². The van der Waals surface area contributed by atoms with Crippen LogP contribution in [0.25, 0.3) is 33.7 Å². The summed E-state index contributed by atoms with van der Waals surface area (Å²) in [6.45, 7) is 18.9. The van der Waals surface area contributed by atoms with E-state index in [2.05, 4.69) is 26.6 Å². The number of hydrogen-bond donors (Lipinski definition) is 10. The van der Waals surface area contributed by atoms with Crippen LogP contribution in [0.15, 0.2) is 79.9 Å². The lowest BCUT2D eigenvalue weighted by atomic mass is 9.78. The van der Waals surface area contributed by atoms with Gasteiger partial charge < -0.3 is 94.8 Å². The lowest BCUT2D eigenvalue weighted by Gasteiger charge is -2.32. The first-order valence-corrected chi connectivity index (χ1v) is 47.6. The van der Waals surface area contributed by atoms with Gasteiger partial charge in [0.25, 0.3) is 22.2 Å². The van der Waals surface area contributed by atoms with Gasteiger partial charge >= 0.3 is 23.9 Å². The van der Waals surface area contributed by atoms with Gasteiger partial charge in [0.05, 0.1) is 104 Å². The van der Waals surface area contributed by atoms with Gasteiger partial charge in [-0.3, -0.25) is 52.7 Å². The first kappa shape index (κ1) is 110. The second-order valence-electron chi connectivity index (χ2n) is 38.2. The van der Waals surface area contributed by atoms with Gasteiger partial charge in [0.1, 0.15) is 55.5 Å². The van der Waals surface area contributed by atoms with E-state index in [0.29, 0.717) is 153 Å². The Labute approximate surface area is 848 Å². The van der Waals surface area contributed by atoms with Crippen LogP contribution in [0.5, 0.6) is 0 Å². The zero-order valence-corrected chi connectivity index (χ0v) is 80.9. The van der Waals surface area contributed by atoms with E-state index in [1.165, 1.54) is 71.7 Å². The molecule has 0 saturated heterocycles. The van der Waals surface area contributed by atoms with Crippen molar-refractivity contribution < 1.29 is 114 Å². The summed E-state index contributed by atoms with van der Waals surface area (Å²) in [5.41, 5.74) is 9.53. The number of rotatable bonds is 13. The summed E-state index contributed by atoms with van der Waals surface area (Å²) in [4.78, 5) is 203. The molecule has 11 N–H and O–H groups in total. The van der Waals surface area contributed by atoms with Crippen molar-refractivity contribution in [1.82, 2.24) is 39.2 Å². The highest BCUT2D eigenvalue weighted by Gasteiger charge is 2.51. The van der Waals surface area contributed by atoms with Crippen LogP contribution in [0.1, 0.15) is 308 Å². The molecule has 0 saturated carbocycles. The fraction of sp³-hybridized carbons (Fsp3) is 0.422. The molecule has 35 nitrogen and oxygen atoms in total. The molecule has 13 heterocycles. The standard InChI is InChI=1S/2C26H26FN3O6.C26H24FN3O5.C14H16FNO2.C13H13NO5.4CH4/c2*1-4-26(35)16-9-21-18(7-8-30(21)24(33)15(16)11-36-25(26)34)29-20-10-17(27)12(2)14-5-6-19(28-13(3)31)23(32)22(14)20;1-4-26(34)16-7-20-23-14(9-30(20)24(32)15(16)10-35-25(26)33)22-18(28-12(3)31)6-5-13-11(2)17(27)8-19(29-23)21(13)22;1-7(17)5-9-3-4-10-8(2)11(15)6-12(16)13(10)14(9)18;1-2-13(18)8-5-9-10(15)3-4-14(9)11(16)7(8)6-19-12(13)17;;;;/h2*7,9-10,19,29,35H,4-6,8,11H2,1-3H3,(H,28,31);7-8,18,34H,4-6,9-10H2,1-3H3,(H,28,31);6,9H,3-5,16H2,1-2H3;5,18H,2-4,6H2,1H3;4*1H4/t19-,26+;19-,26-;18?,26-;;13-;;;;/m100.0..../s1. The topological polar surface area (TPSA) is 510 Å². The van der Waals surface area contributed by atoms with Gasteiger partial charge in [-0.2, -0.15) is 0 Å². The van der Waals surface area contributed by atoms with Gasteiger partial charge in [-0.15, -0.1) is 0 Å². The minimum atomic E-state index is -1.95. The van der Waals surface area contributed by atoms with Crippen molar-refractivity contribution in [3.63, 3.8) is 0 Å². The van der Waals surface area contributed by atoms with Gasteiger partial charge in [-0.1, -0.05) is 57.4 Å². The van der Waals surface area contributed by atoms with Crippen molar-refractivity contribution in [2.24, 2.45) is 5.92 Å². The summed E-state index contributed by atoms with van der Waals surface area (Å²) in [5, 5.41) is 58.9. The van der Waals surface area contributed by atoms with E-state index in [1.54, 1.807) is 90.3 Å². The predicted octanol–water partition coefficient (Wildman–Crippen LogP) is 11.8. The number of ketones is 5. The Morgan fingerprint density at radius 1 is 0.419 bits per heavy atom. The van der Waals surface area contributed by atoms with Crippen LogP contribution in [0.2, 0.25) is 0 Å². The highest BCUT2D eigenvalue weighted by molar-refractivity contribution is 6.11. The number of ether oxygens (including phenoxy) is 4. The number of fused-ring (bicyclic) bond motifs is 14. The van der Waals surface area contributed by atoms with Crippen LogP contribution in [-0.2, 0) is 158 Å². The summed E-state index contributed by atoms with van der Waals surface area (Å²) in [6.07, 6.45) is 8.10. The summed E-state index contributed by atoms with van der Waals surface area (Å²) in [5.74, 6) is -6.92. The molecule has 0 bridgehead atoms. The van der Waals surface area contributed by atoms with E-state index in [-0.39, 0.29) is 263 Å². The Balaban J connectivity index is 0.000000157. The zero-order valence-electron chi connectivity index (χ0n) is 80.9. The number of anilines is 3. The Morgan fingerprint density at radius 2 is 0.770 bits per heavy atom. The van der Waals surface area contributed by atoms with Crippen molar-refractivity contribution in [1.29, 1.82) is 0 Å². The van der Waals surface area contributed by atoms with Gasteiger partial charge in [0, 0.05) is 121 Å². The number of aliphatic hydroxyl groups is 4. The number of esters is 4. The van der Waals surface area contributed by atoms with Crippen molar-refractivity contribution >= 4 is 110 Å². The molecule has 4 aromatic carbocycles. The third kappa shape index (κ3) is 18.3. The number of Topliss-reactive ketones (excluding diaryl/α,β-unsaturated/α-hetero) is 5. The number of cyclic esters (lactones) is 4. The van der Waals surface area contributed by atoms with Crippen LogP contribution < -0.4 is 54.6 Å². The number of pyridine rings is 5. The Kier molecular flexibility index (Phi) is 30.9. The Morgan fingerprint density at radius 3 is 1.18 bits per heavy atom. The highest BCUT2D eigenvalue weighted by Crippen LogP contribution is 2.49. The van der Waals surface area contributed by atoms with Crippen LogP contribution in [-0.4, -0.2) is 126 Å². The second kappa shape index (κ2) is 41.5. The van der Waals surface area contributed by atoms with E-state index in [0.717, 1.165) is 22.1 Å². The van der Waals surface area contributed by atoms with Crippen LogP contribution in [0.3, 0.4) is 0 Å². The fourth-order valence-corrected chi connectivity index (χ4v) is 21.9. The minimum Gasteiger partial charge on any atom is -0.458 e. The lowest BCUT2D eigenvalue weighted by molar-refractivity contribution is -0.172. The highest BCUT2D eigenvalue weighted by atomic mass is 19.1. The number of nitrogens with two attached hydrogens (primary N) is 1. The molecule has 8 atom stereocenters. The number of allylic oxidation sites excluding steroid dienone is 2. The van der Waals surface area contributed by atoms with Crippen molar-refractivity contribution in [3.05, 3.63) is 259 Å². The summed E-state index contributed by atoms with van der Waals surface area (Å²) < 4.78 is 84.2. The number of nitrogens with zero attached hydrogens (tertiary/aromatic N) is 5. The number of nitrogens with one attached hydrogen (secondary N) is 5. The van der Waals surface area contributed by atoms with Crippen molar-refractivity contribution in [2.75, 3.05) is 16.4 Å². The monoisotopic (exact) mass is 2040 g/mol. The number of halogens is 4.